The second-order valence-corrected chi connectivity index (χ2v) is 13.8. The Balaban J connectivity index is 1.16. The Labute approximate surface area is 299 Å². The smallest absolute Gasteiger partial charge is 0.0783 e. The molecule has 1 aliphatic rings. The molecule has 11 aromatic rings. The molecule has 0 bridgehead atoms. The zero-order valence-electron chi connectivity index (χ0n) is 28.1. The molecule has 0 saturated heterocycles. The predicted molar refractivity (Wildman–Crippen MR) is 218 cm³/mol. The Bertz CT molecular complexity index is 3230. The van der Waals surface area contributed by atoms with Gasteiger partial charge in [0.05, 0.1) is 50.2 Å². The molecule has 8 aromatic carbocycles. The van der Waals surface area contributed by atoms with Crippen molar-refractivity contribution < 1.29 is 0 Å². The first kappa shape index (κ1) is 27.7. The molecule has 0 amide bonds. The summed E-state index contributed by atoms with van der Waals surface area (Å²) in [4.78, 5) is 2.46. The van der Waals surface area contributed by atoms with E-state index in [0.29, 0.717) is 0 Å². The van der Waals surface area contributed by atoms with E-state index in [1.54, 1.807) is 0 Å². The molecule has 3 aromatic heterocycles. The molecule has 1 aliphatic heterocycles. The molecular weight excluding hydrogens is 633 g/mol. The Hall–Kier alpha value is -7.04. The third-order valence-corrected chi connectivity index (χ3v) is 11.1. The highest BCUT2D eigenvalue weighted by atomic mass is 15.2. The Kier molecular flexibility index (Phi) is 5.47. The van der Waals surface area contributed by atoms with E-state index in [9.17, 15) is 0 Å². The van der Waals surface area contributed by atoms with E-state index in [4.69, 9.17) is 0 Å². The average Bonchev–Trinajstić information content (AvgIpc) is 3.84. The van der Waals surface area contributed by atoms with E-state index in [2.05, 4.69) is 201 Å². The van der Waals surface area contributed by atoms with Gasteiger partial charge in [-0.25, -0.2) is 0 Å². The third-order valence-electron chi connectivity index (χ3n) is 11.1. The maximum absolute atomic E-state index is 2.50. The van der Waals surface area contributed by atoms with Crippen LogP contribution in [-0.4, -0.2) is 13.7 Å². The van der Waals surface area contributed by atoms with Crippen LogP contribution in [-0.2, 0) is 0 Å². The topological polar surface area (TPSA) is 18.0 Å². The SMILES string of the molecule is c1ccc(-n2c3ccccc3c3cc(N4c5ccccc5-n5c6cc7c(cc6c6cccc4c65)c4ccccc4n7-c4ccccc4)ccc32)cc1. The maximum Gasteiger partial charge on any atom is 0.0783 e. The first-order valence-corrected chi connectivity index (χ1v) is 17.9. The average molecular weight is 663 g/mol. The van der Waals surface area contributed by atoms with Crippen molar-refractivity contribution in [3.63, 3.8) is 0 Å². The number of para-hydroxylation sites is 7. The standard InChI is InChI=1S/C48H30N4/c1-3-14-31(15-4-1)49-40-21-9-7-18-34(40)37-28-33(26-27-42(37)49)51-43-23-11-12-24-44(43)52-47-30-46-38(29-39(47)36-20-13-25-45(51)48(36)52)35-19-8-10-22-41(35)50(46)32-16-5-2-6-17-32/h1-30H. The Morgan fingerprint density at radius 2 is 0.750 bits per heavy atom. The lowest BCUT2D eigenvalue weighted by atomic mass is 10.1. The van der Waals surface area contributed by atoms with E-state index in [-0.39, 0.29) is 0 Å². The van der Waals surface area contributed by atoms with Gasteiger partial charge in [-0.2, -0.15) is 0 Å². The van der Waals surface area contributed by atoms with Crippen molar-refractivity contribution in [2.45, 2.75) is 0 Å². The summed E-state index contributed by atoms with van der Waals surface area (Å²) in [5.74, 6) is 0. The zero-order valence-corrected chi connectivity index (χ0v) is 28.1. The van der Waals surface area contributed by atoms with E-state index < -0.39 is 0 Å². The van der Waals surface area contributed by atoms with Gasteiger partial charge in [-0.1, -0.05) is 97.1 Å². The van der Waals surface area contributed by atoms with Crippen LogP contribution >= 0.6 is 0 Å². The van der Waals surface area contributed by atoms with Crippen molar-refractivity contribution >= 4 is 82.5 Å². The maximum atomic E-state index is 2.50. The van der Waals surface area contributed by atoms with Crippen LogP contribution in [0.4, 0.5) is 17.1 Å². The molecule has 0 spiro atoms. The summed E-state index contributed by atoms with van der Waals surface area (Å²) in [6, 6.07) is 66.4. The van der Waals surface area contributed by atoms with Gasteiger partial charge < -0.3 is 18.6 Å². The number of aromatic nitrogens is 3. The first-order valence-electron chi connectivity index (χ1n) is 17.9. The van der Waals surface area contributed by atoms with Gasteiger partial charge in [0.15, 0.2) is 0 Å². The summed E-state index contributed by atoms with van der Waals surface area (Å²) in [6.07, 6.45) is 0. The van der Waals surface area contributed by atoms with Crippen molar-refractivity contribution in [3.8, 4) is 17.1 Å². The molecule has 0 saturated carbocycles. The summed E-state index contributed by atoms with van der Waals surface area (Å²) in [5, 5.41) is 7.54. The molecule has 4 heterocycles. The number of nitrogens with zero attached hydrogens (tertiary/aromatic N) is 4. The fourth-order valence-electron chi connectivity index (χ4n) is 9.00. The molecular formula is C48H30N4. The second-order valence-electron chi connectivity index (χ2n) is 13.8. The van der Waals surface area contributed by atoms with Gasteiger partial charge in [0.2, 0.25) is 0 Å². The van der Waals surface area contributed by atoms with Gasteiger partial charge in [-0.15, -0.1) is 0 Å². The number of hydrogen-bond donors (Lipinski definition) is 0. The normalized spacial score (nSPS) is 12.6. The first-order chi connectivity index (χ1) is 25.8. The molecule has 0 fully saturated rings. The quantitative estimate of drug-likeness (QED) is 0.184. The highest BCUT2D eigenvalue weighted by molar-refractivity contribution is 6.22. The summed E-state index contributed by atoms with van der Waals surface area (Å²) >= 11 is 0. The molecule has 0 unspecified atom stereocenters. The molecule has 0 atom stereocenters. The number of hydrogen-bond acceptors (Lipinski definition) is 1. The predicted octanol–water partition coefficient (Wildman–Crippen LogP) is 12.8. The van der Waals surface area contributed by atoms with Crippen LogP contribution in [0.3, 0.4) is 0 Å². The van der Waals surface area contributed by atoms with E-state index in [1.165, 1.54) is 88.2 Å². The Morgan fingerprint density at radius 1 is 0.250 bits per heavy atom. The van der Waals surface area contributed by atoms with Gasteiger partial charge in [-0.3, -0.25) is 0 Å². The summed E-state index contributed by atoms with van der Waals surface area (Å²) in [5.41, 5.74) is 14.3. The van der Waals surface area contributed by atoms with Gasteiger partial charge in [0.25, 0.3) is 0 Å². The van der Waals surface area contributed by atoms with Crippen molar-refractivity contribution in [1.82, 2.24) is 13.7 Å². The lowest BCUT2D eigenvalue weighted by molar-refractivity contribution is 1.11. The molecule has 0 N–H and O–H groups in total. The molecule has 52 heavy (non-hydrogen) atoms. The van der Waals surface area contributed by atoms with E-state index in [1.807, 2.05) is 0 Å². The monoisotopic (exact) mass is 662 g/mol. The van der Waals surface area contributed by atoms with Crippen molar-refractivity contribution in [1.29, 1.82) is 0 Å². The second kappa shape index (κ2) is 10.3. The highest BCUT2D eigenvalue weighted by Gasteiger charge is 2.29. The van der Waals surface area contributed by atoms with Crippen molar-refractivity contribution in [3.05, 3.63) is 182 Å². The third kappa shape index (κ3) is 3.60. The van der Waals surface area contributed by atoms with Crippen LogP contribution in [0, 0.1) is 0 Å². The van der Waals surface area contributed by atoms with Crippen LogP contribution < -0.4 is 4.90 Å². The molecule has 0 aliphatic carbocycles. The number of benzene rings is 8. The zero-order chi connectivity index (χ0) is 33.9. The van der Waals surface area contributed by atoms with E-state index >= 15 is 0 Å². The van der Waals surface area contributed by atoms with Crippen LogP contribution in [0.15, 0.2) is 182 Å². The molecule has 4 heteroatoms. The molecule has 242 valence electrons. The minimum atomic E-state index is 1.14. The molecule has 12 rings (SSSR count). The van der Waals surface area contributed by atoms with Crippen LogP contribution in [0.5, 0.6) is 0 Å². The fraction of sp³-hybridized carbons (Fsp3) is 0. The summed E-state index contributed by atoms with van der Waals surface area (Å²) in [6.45, 7) is 0. The van der Waals surface area contributed by atoms with E-state index in [0.717, 1.165) is 11.4 Å². The van der Waals surface area contributed by atoms with Crippen molar-refractivity contribution in [2.24, 2.45) is 0 Å². The van der Waals surface area contributed by atoms with Crippen LogP contribution in [0.25, 0.3) is 82.5 Å². The van der Waals surface area contributed by atoms with Gasteiger partial charge in [0.1, 0.15) is 0 Å². The summed E-state index contributed by atoms with van der Waals surface area (Å²) < 4.78 is 7.30. The largest absolute Gasteiger partial charge is 0.309 e. The number of fused-ring (bicyclic) bond motifs is 11. The minimum Gasteiger partial charge on any atom is -0.309 e. The Morgan fingerprint density at radius 3 is 1.46 bits per heavy atom. The minimum absolute atomic E-state index is 1.14. The molecule has 0 radical (unpaired) electrons. The van der Waals surface area contributed by atoms with Crippen LogP contribution in [0.1, 0.15) is 0 Å². The lowest BCUT2D eigenvalue weighted by Crippen LogP contribution is -2.18. The highest BCUT2D eigenvalue weighted by Crippen LogP contribution is 2.51. The fourth-order valence-corrected chi connectivity index (χ4v) is 9.00. The van der Waals surface area contributed by atoms with Gasteiger partial charge in [0, 0.05) is 49.4 Å². The van der Waals surface area contributed by atoms with Crippen LogP contribution in [0.2, 0.25) is 0 Å². The van der Waals surface area contributed by atoms with Crippen molar-refractivity contribution in [2.75, 3.05) is 4.90 Å². The molecule has 4 nitrogen and oxygen atoms in total. The number of rotatable bonds is 3. The van der Waals surface area contributed by atoms with Gasteiger partial charge in [-0.05, 0) is 84.9 Å². The summed E-state index contributed by atoms with van der Waals surface area (Å²) in [7, 11) is 0. The number of anilines is 3. The van der Waals surface area contributed by atoms with Gasteiger partial charge >= 0.3 is 0 Å². The lowest BCUT2D eigenvalue weighted by Gasteiger charge is -2.33.